The van der Waals surface area contributed by atoms with E-state index in [0.717, 1.165) is 48.3 Å². The van der Waals surface area contributed by atoms with Gasteiger partial charge in [-0.05, 0) is 45.9 Å². The number of pyridine rings is 2. The summed E-state index contributed by atoms with van der Waals surface area (Å²) >= 11 is -0.0955. The standard InChI is InChI=1S/C20H15FNS.C14H16GeN.Ir/c1-12(2)13-8-9-22-18(10-13)16-5-3-4-15-17-11-14(21)6-7-19(17)23-20(15)16;1-15(2,3)13-9-10-14(16-11-13)12-7-5-4-6-8-12;/h3-4,6-12H,1-2H3;4-7,9-11H,1-3H3;/q2*-1;/i12D;;. The second-order valence-electron chi connectivity index (χ2n) is 10.7. The maximum Gasteiger partial charge on any atom is 0 e. The third-order valence-corrected chi connectivity index (χ3v) is 12.1. The molecule has 0 saturated heterocycles. The quantitative estimate of drug-likeness (QED) is 0.132. The number of hydrogen-bond donors (Lipinski definition) is 0. The van der Waals surface area contributed by atoms with Crippen LogP contribution in [0.2, 0.25) is 17.3 Å². The molecule has 3 heterocycles. The smallest absolute Gasteiger partial charge is 0 e. The first-order valence-corrected chi connectivity index (χ1v) is 21.1. The van der Waals surface area contributed by atoms with Crippen molar-refractivity contribution in [1.82, 2.24) is 9.97 Å². The molecule has 205 valence electrons. The third-order valence-electron chi connectivity index (χ3n) is 6.60. The van der Waals surface area contributed by atoms with E-state index in [0.29, 0.717) is 0 Å². The molecule has 6 aromatic rings. The van der Waals surface area contributed by atoms with Crippen molar-refractivity contribution in [2.75, 3.05) is 0 Å². The Hall–Kier alpha value is -2.70. The summed E-state index contributed by atoms with van der Waals surface area (Å²) in [6, 6.07) is 31.3. The predicted octanol–water partition coefficient (Wildman–Crippen LogP) is 9.27. The number of thiophene rings is 1. The van der Waals surface area contributed by atoms with Crippen LogP contribution < -0.4 is 4.40 Å². The van der Waals surface area contributed by atoms with E-state index in [-0.39, 0.29) is 25.9 Å². The second-order valence-corrected chi connectivity index (χ2v) is 22.4. The van der Waals surface area contributed by atoms with E-state index in [1.807, 2.05) is 74.6 Å². The van der Waals surface area contributed by atoms with Gasteiger partial charge in [-0.3, -0.25) is 0 Å². The number of halogens is 1. The number of aromatic nitrogens is 2. The van der Waals surface area contributed by atoms with Crippen LogP contribution in [0, 0.1) is 17.9 Å². The molecule has 0 aliphatic carbocycles. The van der Waals surface area contributed by atoms with E-state index in [1.165, 1.54) is 10.5 Å². The van der Waals surface area contributed by atoms with Crippen LogP contribution in [-0.4, -0.2) is 23.2 Å². The molecular formula is C34H31FGeIrN2S-2. The fourth-order valence-electron chi connectivity index (χ4n) is 4.33. The molecule has 6 heteroatoms. The molecule has 2 nitrogen and oxygen atoms in total. The third kappa shape index (κ3) is 6.77. The van der Waals surface area contributed by atoms with Crippen LogP contribution in [0.4, 0.5) is 4.39 Å². The van der Waals surface area contributed by atoms with Crippen LogP contribution in [-0.2, 0) is 20.1 Å². The van der Waals surface area contributed by atoms with Gasteiger partial charge < -0.3 is 4.98 Å². The minimum Gasteiger partial charge on any atom is 0 e. The number of benzene rings is 3. The normalized spacial score (nSPS) is 11.9. The van der Waals surface area contributed by atoms with Crippen molar-refractivity contribution >= 4 is 49.2 Å². The molecule has 0 fully saturated rings. The Kier molecular flexibility index (Phi) is 9.27. The Morgan fingerprint density at radius 1 is 0.875 bits per heavy atom. The average Bonchev–Trinajstić information content (AvgIpc) is 3.31. The van der Waals surface area contributed by atoms with Crippen LogP contribution in [0.5, 0.6) is 0 Å². The van der Waals surface area contributed by atoms with Crippen LogP contribution in [0.15, 0.2) is 91.3 Å². The Labute approximate surface area is 257 Å². The van der Waals surface area contributed by atoms with Crippen LogP contribution in [0.3, 0.4) is 0 Å². The molecule has 0 atom stereocenters. The zero-order chi connectivity index (χ0) is 28.5. The number of hydrogen-bond acceptors (Lipinski definition) is 3. The fraction of sp³-hybridized carbons (Fsp3) is 0.176. The first-order chi connectivity index (χ1) is 19.0. The van der Waals surface area contributed by atoms with Gasteiger partial charge in [0, 0.05) is 32.4 Å². The monoisotopic (exact) mass is 786 g/mol. The van der Waals surface area contributed by atoms with Crippen LogP contribution in [0.25, 0.3) is 42.7 Å². The zero-order valence-corrected chi connectivity index (χ0v) is 28.5. The molecule has 0 amide bonds. The van der Waals surface area contributed by atoms with Gasteiger partial charge in [-0.25, -0.2) is 4.39 Å². The molecule has 40 heavy (non-hydrogen) atoms. The minimum absolute atomic E-state index is 0. The largest absolute Gasteiger partial charge is 0 e. The van der Waals surface area contributed by atoms with E-state index in [9.17, 15) is 4.39 Å². The molecule has 0 bridgehead atoms. The molecule has 6 rings (SSSR count). The van der Waals surface area contributed by atoms with E-state index in [4.69, 9.17) is 1.37 Å². The van der Waals surface area contributed by atoms with Crippen molar-refractivity contribution in [3.05, 3.63) is 115 Å². The first-order valence-electron chi connectivity index (χ1n) is 13.4. The van der Waals surface area contributed by atoms with Crippen molar-refractivity contribution in [3.8, 4) is 22.5 Å². The van der Waals surface area contributed by atoms with Gasteiger partial charge in [-0.2, -0.15) is 11.3 Å². The predicted molar refractivity (Wildman–Crippen MR) is 167 cm³/mol. The molecular weight excluding hydrogens is 752 g/mol. The van der Waals surface area contributed by atoms with Gasteiger partial charge in [-0.15, -0.1) is 23.8 Å². The Balaban J connectivity index is 0.000000200. The SMILES string of the molecule is [2H]C(C)(C)c1ccnc(-c2[c-]ccc3c2sc2ccc(F)cc23)c1.[CH3][Ge]([CH3])([CH3])[c]1ccc(-c2[c-]cccc2)nc1.[Ir]. The van der Waals surface area contributed by atoms with Gasteiger partial charge >= 0.3 is 99.8 Å². The van der Waals surface area contributed by atoms with Crippen molar-refractivity contribution in [2.45, 2.75) is 37.0 Å². The molecule has 1 radical (unpaired) electrons. The summed E-state index contributed by atoms with van der Waals surface area (Å²) in [4.78, 5) is 9.01. The van der Waals surface area contributed by atoms with Gasteiger partial charge in [0.05, 0.1) is 0 Å². The van der Waals surface area contributed by atoms with Crippen molar-refractivity contribution in [1.29, 1.82) is 0 Å². The van der Waals surface area contributed by atoms with E-state index in [2.05, 4.69) is 51.5 Å². The molecule has 3 aromatic carbocycles. The molecule has 0 unspecified atom stereocenters. The molecule has 0 spiro atoms. The summed E-state index contributed by atoms with van der Waals surface area (Å²) < 4.78 is 25.4. The van der Waals surface area contributed by atoms with Crippen LogP contribution >= 0.6 is 11.3 Å². The summed E-state index contributed by atoms with van der Waals surface area (Å²) in [6.45, 7) is 3.72. The number of rotatable bonds is 4. The van der Waals surface area contributed by atoms with Crippen LogP contribution in [0.1, 0.15) is 26.7 Å². The van der Waals surface area contributed by atoms with Crippen molar-refractivity contribution in [3.63, 3.8) is 0 Å². The summed E-state index contributed by atoms with van der Waals surface area (Å²) in [6.07, 6.45) is 3.77. The van der Waals surface area contributed by atoms with Crippen molar-refractivity contribution in [2.24, 2.45) is 0 Å². The number of nitrogens with zero attached hydrogens (tertiary/aromatic N) is 2. The molecule has 0 aliphatic heterocycles. The minimum atomic E-state index is -1.72. The van der Waals surface area contributed by atoms with Gasteiger partial charge in [0.15, 0.2) is 0 Å². The second kappa shape index (κ2) is 12.9. The molecule has 3 aromatic heterocycles. The summed E-state index contributed by atoms with van der Waals surface area (Å²) in [5.41, 5.74) is 4.68. The van der Waals surface area contributed by atoms with Crippen molar-refractivity contribution < 1.29 is 25.9 Å². The van der Waals surface area contributed by atoms with Gasteiger partial charge in [0.2, 0.25) is 0 Å². The molecule has 0 saturated carbocycles. The van der Waals surface area contributed by atoms with E-state index >= 15 is 0 Å². The topological polar surface area (TPSA) is 25.8 Å². The zero-order valence-electron chi connectivity index (χ0n) is 24.2. The maximum absolute atomic E-state index is 13.6. The summed E-state index contributed by atoms with van der Waals surface area (Å²) in [7, 11) is 0. The average molecular weight is 785 g/mol. The van der Waals surface area contributed by atoms with E-state index < -0.39 is 19.2 Å². The molecule has 0 aliphatic rings. The first kappa shape index (κ1) is 28.8. The number of fused-ring (bicyclic) bond motifs is 3. The summed E-state index contributed by atoms with van der Waals surface area (Å²) in [5.74, 6) is 6.23. The van der Waals surface area contributed by atoms with E-state index in [1.54, 1.807) is 23.6 Å². The van der Waals surface area contributed by atoms with Gasteiger partial charge in [0.1, 0.15) is 5.82 Å². The fourth-order valence-corrected chi connectivity index (χ4v) is 7.69. The Morgan fingerprint density at radius 3 is 2.38 bits per heavy atom. The van der Waals surface area contributed by atoms with Gasteiger partial charge in [-0.1, -0.05) is 30.9 Å². The Bertz CT molecular complexity index is 1780. The maximum atomic E-state index is 13.6. The Morgan fingerprint density at radius 2 is 1.70 bits per heavy atom. The van der Waals surface area contributed by atoms with Gasteiger partial charge in [0.25, 0.3) is 0 Å². The summed E-state index contributed by atoms with van der Waals surface area (Å²) in [5, 5.41) is 1.93. The molecule has 0 N–H and O–H groups in total.